The summed E-state index contributed by atoms with van der Waals surface area (Å²) in [4.78, 5) is 4.36. The number of alkyl halides is 2. The van der Waals surface area contributed by atoms with Crippen LogP contribution in [-0.2, 0) is 12.3 Å². The largest absolute Gasteiger partial charge is 0.355 e. The van der Waals surface area contributed by atoms with Crippen LogP contribution in [0.1, 0.15) is 35.0 Å². The number of hydrogen-bond acceptors (Lipinski definition) is 4. The number of fused-ring (bicyclic) bond motifs is 2. The van der Waals surface area contributed by atoms with Crippen LogP contribution in [0.5, 0.6) is 0 Å². The van der Waals surface area contributed by atoms with Crippen LogP contribution in [-0.4, -0.2) is 19.8 Å². The van der Waals surface area contributed by atoms with Crippen molar-refractivity contribution in [1.29, 1.82) is 0 Å². The second-order valence-electron chi connectivity index (χ2n) is 8.81. The summed E-state index contributed by atoms with van der Waals surface area (Å²) in [6, 6.07) is 23.9. The van der Waals surface area contributed by atoms with Crippen molar-refractivity contribution in [1.82, 2.24) is 19.8 Å². The summed E-state index contributed by atoms with van der Waals surface area (Å²) in [6.45, 7) is 0.896. The van der Waals surface area contributed by atoms with Gasteiger partial charge in [0.15, 0.2) is 11.2 Å². The van der Waals surface area contributed by atoms with Gasteiger partial charge < -0.3 is 4.52 Å². The first-order valence-corrected chi connectivity index (χ1v) is 11.7. The molecule has 7 heteroatoms. The fourth-order valence-corrected chi connectivity index (χ4v) is 4.35. The predicted octanol–water partition coefficient (Wildman–Crippen LogP) is 6.64. The SMILES string of the molecule is CC(F)(F)c1cccc(Cc2noc3c(C#Cc4cnc5cccnn45)c(-c4ccccc4)ccc23)c1. The van der Waals surface area contributed by atoms with Gasteiger partial charge in [-0.05, 0) is 41.3 Å². The van der Waals surface area contributed by atoms with Crippen LogP contribution in [0.2, 0.25) is 0 Å². The van der Waals surface area contributed by atoms with Gasteiger partial charge in [-0.25, -0.2) is 18.3 Å². The molecule has 0 saturated carbocycles. The molecule has 0 aliphatic rings. The quantitative estimate of drug-likeness (QED) is 0.260. The third-order valence-corrected chi connectivity index (χ3v) is 6.20. The van der Waals surface area contributed by atoms with E-state index in [9.17, 15) is 8.78 Å². The highest BCUT2D eigenvalue weighted by Gasteiger charge is 2.24. The van der Waals surface area contributed by atoms with Gasteiger partial charge in [0.05, 0.1) is 17.5 Å². The molecule has 0 bridgehead atoms. The standard InChI is InChI=1S/C30H20F2N4O/c1-30(31,32)22-10-5-7-20(17-22)18-27-26-15-14-24(21-8-3-2-4-9-21)25(29(26)37-35-27)13-12-23-19-33-28-11-6-16-34-36(23)28/h2-11,14-17,19H,18H2,1H3. The molecule has 0 unspecified atom stereocenters. The summed E-state index contributed by atoms with van der Waals surface area (Å²) < 4.78 is 35.2. The maximum absolute atomic E-state index is 13.9. The van der Waals surface area contributed by atoms with Gasteiger partial charge in [0.1, 0.15) is 5.69 Å². The highest BCUT2D eigenvalue weighted by atomic mass is 19.3. The fourth-order valence-electron chi connectivity index (χ4n) is 4.35. The molecule has 5 nitrogen and oxygen atoms in total. The number of imidazole rings is 1. The molecule has 3 aromatic heterocycles. The Hall–Kier alpha value is -4.83. The molecular weight excluding hydrogens is 470 g/mol. The van der Waals surface area contributed by atoms with Gasteiger partial charge in [0.2, 0.25) is 0 Å². The van der Waals surface area contributed by atoms with Crippen LogP contribution in [0.4, 0.5) is 8.78 Å². The molecule has 0 aliphatic carbocycles. The summed E-state index contributed by atoms with van der Waals surface area (Å²) in [5.74, 6) is 3.54. The lowest BCUT2D eigenvalue weighted by molar-refractivity contribution is 0.0174. The van der Waals surface area contributed by atoms with Gasteiger partial charge in [-0.3, -0.25) is 0 Å². The lowest BCUT2D eigenvalue weighted by atomic mass is 9.96. The molecule has 0 N–H and O–H groups in total. The van der Waals surface area contributed by atoms with E-state index in [1.165, 1.54) is 12.1 Å². The Balaban J connectivity index is 1.47. The zero-order chi connectivity index (χ0) is 25.4. The minimum Gasteiger partial charge on any atom is -0.355 e. The van der Waals surface area contributed by atoms with E-state index in [0.29, 0.717) is 34.6 Å². The molecular formula is C30H20F2N4O. The van der Waals surface area contributed by atoms with Gasteiger partial charge in [0, 0.05) is 36.1 Å². The Morgan fingerprint density at radius 2 is 1.81 bits per heavy atom. The van der Waals surface area contributed by atoms with Gasteiger partial charge >= 0.3 is 0 Å². The molecule has 3 heterocycles. The zero-order valence-electron chi connectivity index (χ0n) is 19.8. The number of nitrogens with zero attached hydrogens (tertiary/aromatic N) is 4. The average molecular weight is 491 g/mol. The Morgan fingerprint density at radius 3 is 2.65 bits per heavy atom. The Morgan fingerprint density at radius 1 is 0.946 bits per heavy atom. The first-order valence-electron chi connectivity index (χ1n) is 11.7. The minimum absolute atomic E-state index is 0.0302. The highest BCUT2D eigenvalue weighted by Crippen LogP contribution is 2.33. The monoisotopic (exact) mass is 490 g/mol. The normalized spacial score (nSPS) is 11.5. The molecule has 6 rings (SSSR count). The molecule has 0 saturated heterocycles. The molecule has 0 aliphatic heterocycles. The van der Waals surface area contributed by atoms with Gasteiger partial charge in [-0.2, -0.15) is 5.10 Å². The molecule has 0 fully saturated rings. The molecule has 0 amide bonds. The second-order valence-corrected chi connectivity index (χ2v) is 8.81. The molecule has 180 valence electrons. The zero-order valence-corrected chi connectivity index (χ0v) is 19.8. The van der Waals surface area contributed by atoms with Crippen molar-refractivity contribution in [3.63, 3.8) is 0 Å². The highest BCUT2D eigenvalue weighted by molar-refractivity contribution is 5.92. The Kier molecular flexibility index (Phi) is 5.50. The Labute approximate surface area is 211 Å². The first kappa shape index (κ1) is 22.6. The first-order chi connectivity index (χ1) is 18.0. The third-order valence-electron chi connectivity index (χ3n) is 6.20. The minimum atomic E-state index is -2.91. The smallest absolute Gasteiger partial charge is 0.270 e. The van der Waals surface area contributed by atoms with Crippen LogP contribution in [0, 0.1) is 11.8 Å². The van der Waals surface area contributed by atoms with Crippen LogP contribution in [0.15, 0.2) is 95.8 Å². The van der Waals surface area contributed by atoms with E-state index in [0.717, 1.165) is 29.0 Å². The van der Waals surface area contributed by atoms with Crippen molar-refractivity contribution in [2.45, 2.75) is 19.3 Å². The third kappa shape index (κ3) is 4.34. The number of hydrogen-bond donors (Lipinski definition) is 0. The molecule has 3 aromatic carbocycles. The second kappa shape index (κ2) is 8.99. The number of benzene rings is 3. The molecule has 0 atom stereocenters. The summed E-state index contributed by atoms with van der Waals surface area (Å²) in [5.41, 5.74) is 5.82. The van der Waals surface area contributed by atoms with Crippen LogP contribution in [0.3, 0.4) is 0 Å². The molecule has 37 heavy (non-hydrogen) atoms. The fraction of sp³-hybridized carbons (Fsp3) is 0.100. The van der Waals surface area contributed by atoms with E-state index < -0.39 is 5.92 Å². The molecule has 0 spiro atoms. The van der Waals surface area contributed by atoms with Gasteiger partial charge in [-0.1, -0.05) is 65.7 Å². The summed E-state index contributed by atoms with van der Waals surface area (Å²) in [5, 5.41) is 9.43. The maximum atomic E-state index is 13.9. The van der Waals surface area contributed by atoms with E-state index in [1.807, 2.05) is 60.7 Å². The summed E-state index contributed by atoms with van der Waals surface area (Å²) in [7, 11) is 0. The Bertz CT molecular complexity index is 1800. The van der Waals surface area contributed by atoms with Crippen molar-refractivity contribution in [3.8, 4) is 23.0 Å². The lowest BCUT2D eigenvalue weighted by Gasteiger charge is -2.11. The van der Waals surface area contributed by atoms with E-state index in [1.54, 1.807) is 23.0 Å². The van der Waals surface area contributed by atoms with E-state index >= 15 is 0 Å². The predicted molar refractivity (Wildman–Crippen MR) is 137 cm³/mol. The van der Waals surface area contributed by atoms with Crippen molar-refractivity contribution in [2.75, 3.05) is 0 Å². The van der Waals surface area contributed by atoms with E-state index in [2.05, 4.69) is 27.1 Å². The van der Waals surface area contributed by atoms with Crippen LogP contribution >= 0.6 is 0 Å². The molecule has 6 aromatic rings. The van der Waals surface area contributed by atoms with Gasteiger partial charge in [-0.15, -0.1) is 0 Å². The van der Waals surface area contributed by atoms with E-state index in [-0.39, 0.29) is 5.56 Å². The van der Waals surface area contributed by atoms with E-state index in [4.69, 9.17) is 4.52 Å². The summed E-state index contributed by atoms with van der Waals surface area (Å²) in [6.07, 6.45) is 3.72. The average Bonchev–Trinajstić information content (AvgIpc) is 3.52. The number of halogens is 2. The molecule has 0 radical (unpaired) electrons. The van der Waals surface area contributed by atoms with Crippen molar-refractivity contribution in [3.05, 3.63) is 119 Å². The summed E-state index contributed by atoms with van der Waals surface area (Å²) >= 11 is 0. The number of rotatable bonds is 4. The van der Waals surface area contributed by atoms with Crippen LogP contribution < -0.4 is 0 Å². The van der Waals surface area contributed by atoms with Crippen molar-refractivity contribution in [2.24, 2.45) is 0 Å². The van der Waals surface area contributed by atoms with Gasteiger partial charge in [0.25, 0.3) is 5.92 Å². The lowest BCUT2D eigenvalue weighted by Crippen LogP contribution is -2.07. The van der Waals surface area contributed by atoms with Crippen molar-refractivity contribution >= 4 is 16.6 Å². The van der Waals surface area contributed by atoms with Crippen LogP contribution in [0.25, 0.3) is 27.7 Å². The van der Waals surface area contributed by atoms with Crippen molar-refractivity contribution < 1.29 is 13.3 Å². The number of aromatic nitrogens is 4. The topological polar surface area (TPSA) is 56.2 Å². The maximum Gasteiger partial charge on any atom is 0.270 e.